The molecular weight excluding hydrogens is 429 g/mol. The van der Waals surface area contributed by atoms with Crippen LogP contribution in [0.5, 0.6) is 0 Å². The van der Waals surface area contributed by atoms with E-state index >= 15 is 0 Å². The normalized spacial score (nSPS) is 25.1. The summed E-state index contributed by atoms with van der Waals surface area (Å²) in [6.45, 7) is 0. The lowest BCUT2D eigenvalue weighted by atomic mass is 10.1. The van der Waals surface area contributed by atoms with E-state index in [1.807, 2.05) is 12.1 Å². The molecule has 0 bridgehead atoms. The van der Waals surface area contributed by atoms with Crippen LogP contribution in [0.15, 0.2) is 48.5 Å². The molecule has 0 radical (unpaired) electrons. The molecule has 31 heavy (non-hydrogen) atoms. The van der Waals surface area contributed by atoms with Crippen LogP contribution in [-0.2, 0) is 6.18 Å². The Morgan fingerprint density at radius 2 is 1.87 bits per heavy atom. The fourth-order valence-electron chi connectivity index (χ4n) is 3.89. The molecule has 1 saturated heterocycles. The van der Waals surface area contributed by atoms with Crippen LogP contribution in [0, 0.1) is 0 Å². The molecule has 1 amide bonds. The van der Waals surface area contributed by atoms with Crippen LogP contribution < -0.4 is 10.6 Å². The van der Waals surface area contributed by atoms with Crippen LogP contribution in [0.4, 0.5) is 18.9 Å². The third-order valence-electron chi connectivity index (χ3n) is 5.60. The molecule has 0 aromatic heterocycles. The van der Waals surface area contributed by atoms with Gasteiger partial charge in [-0.05, 0) is 54.5 Å². The monoisotopic (exact) mass is 452 g/mol. The standard InChI is InChI=1S/C22H23F3N2O3S/c23-22(24,25)15-3-1-2-14(10-15)20(28)27-16-6-4-13(5-7-16)18-11-19(18)26-17-8-9-31-21(29,30)12-17/h1-7,10,17-19,26,29-30H,8-9,11-12H2,(H,27,28)/t17?,18-,19+/m0/s1. The van der Waals surface area contributed by atoms with Crippen LogP contribution in [0.1, 0.15) is 46.7 Å². The van der Waals surface area contributed by atoms with Crippen molar-refractivity contribution in [1.29, 1.82) is 0 Å². The van der Waals surface area contributed by atoms with E-state index < -0.39 is 22.8 Å². The Morgan fingerprint density at radius 1 is 1.13 bits per heavy atom. The average molecular weight is 452 g/mol. The van der Waals surface area contributed by atoms with Gasteiger partial charge in [0.1, 0.15) is 0 Å². The number of carbonyl (C=O) groups excluding carboxylic acids is 1. The van der Waals surface area contributed by atoms with Gasteiger partial charge in [-0.3, -0.25) is 4.79 Å². The zero-order chi connectivity index (χ0) is 22.2. The third kappa shape index (κ3) is 5.60. The van der Waals surface area contributed by atoms with E-state index in [2.05, 4.69) is 10.6 Å². The van der Waals surface area contributed by atoms with Gasteiger partial charge in [0, 0.05) is 35.7 Å². The van der Waals surface area contributed by atoms with Crippen molar-refractivity contribution < 1.29 is 28.2 Å². The number of carbonyl (C=O) groups is 1. The van der Waals surface area contributed by atoms with Crippen molar-refractivity contribution in [1.82, 2.24) is 5.32 Å². The van der Waals surface area contributed by atoms with E-state index in [0.717, 1.165) is 42.3 Å². The number of amides is 1. The molecule has 1 aliphatic carbocycles. The summed E-state index contributed by atoms with van der Waals surface area (Å²) in [6, 6.07) is 11.9. The minimum absolute atomic E-state index is 0.0557. The van der Waals surface area contributed by atoms with Gasteiger partial charge in [0.05, 0.1) is 5.56 Å². The predicted molar refractivity (Wildman–Crippen MR) is 113 cm³/mol. The smallest absolute Gasteiger partial charge is 0.357 e. The summed E-state index contributed by atoms with van der Waals surface area (Å²) in [5, 5.41) is 24.0. The number of thioether (sulfide) groups is 1. The second-order valence-corrected chi connectivity index (χ2v) is 9.40. The molecule has 4 N–H and O–H groups in total. The Kier molecular flexibility index (Phi) is 6.04. The number of aliphatic hydroxyl groups is 2. The maximum absolute atomic E-state index is 12.8. The fourth-order valence-corrected chi connectivity index (χ4v) is 4.94. The van der Waals surface area contributed by atoms with Crippen LogP contribution in [0.3, 0.4) is 0 Å². The second kappa shape index (κ2) is 8.46. The summed E-state index contributed by atoms with van der Waals surface area (Å²) in [7, 11) is 0. The summed E-state index contributed by atoms with van der Waals surface area (Å²) < 4.78 is 38.5. The number of alkyl halides is 3. The van der Waals surface area contributed by atoms with Gasteiger partial charge < -0.3 is 20.8 Å². The Morgan fingerprint density at radius 3 is 2.55 bits per heavy atom. The van der Waals surface area contributed by atoms with Gasteiger partial charge in [-0.2, -0.15) is 13.2 Å². The molecular formula is C22H23F3N2O3S. The molecule has 0 spiro atoms. The molecule has 2 aromatic carbocycles. The Labute approximate surface area is 182 Å². The molecule has 5 nitrogen and oxygen atoms in total. The molecule has 1 heterocycles. The van der Waals surface area contributed by atoms with Crippen molar-refractivity contribution >= 4 is 23.4 Å². The van der Waals surface area contributed by atoms with Gasteiger partial charge >= 0.3 is 6.18 Å². The molecule has 166 valence electrons. The lowest BCUT2D eigenvalue weighted by Crippen LogP contribution is -2.43. The summed E-state index contributed by atoms with van der Waals surface area (Å²) in [6.07, 6.45) is -2.37. The molecule has 2 aliphatic rings. The SMILES string of the molecule is O=C(Nc1ccc([C@@H]2C[C@H]2NC2CCSC(O)(O)C2)cc1)c1cccc(C(F)(F)F)c1. The number of rotatable bonds is 5. The number of nitrogens with one attached hydrogen (secondary N) is 2. The Hall–Kier alpha value is -2.07. The highest BCUT2D eigenvalue weighted by Crippen LogP contribution is 2.43. The first-order valence-electron chi connectivity index (χ1n) is 10.0. The zero-order valence-corrected chi connectivity index (χ0v) is 17.3. The number of benzene rings is 2. The minimum Gasteiger partial charge on any atom is -0.357 e. The topological polar surface area (TPSA) is 81.6 Å². The minimum atomic E-state index is -4.50. The highest BCUT2D eigenvalue weighted by Gasteiger charge is 2.42. The maximum Gasteiger partial charge on any atom is 0.416 e. The fraction of sp³-hybridized carbons (Fsp3) is 0.409. The van der Waals surface area contributed by atoms with Gasteiger partial charge in [0.15, 0.2) is 0 Å². The van der Waals surface area contributed by atoms with Gasteiger partial charge in [0.2, 0.25) is 5.12 Å². The van der Waals surface area contributed by atoms with E-state index in [0.29, 0.717) is 23.8 Å². The number of hydrogen-bond donors (Lipinski definition) is 4. The van der Waals surface area contributed by atoms with E-state index in [4.69, 9.17) is 0 Å². The largest absolute Gasteiger partial charge is 0.416 e. The van der Waals surface area contributed by atoms with Gasteiger partial charge in [0.25, 0.3) is 5.91 Å². The van der Waals surface area contributed by atoms with E-state index in [9.17, 15) is 28.2 Å². The molecule has 3 atom stereocenters. The molecule has 1 saturated carbocycles. The van der Waals surface area contributed by atoms with Gasteiger partial charge in [-0.15, -0.1) is 0 Å². The van der Waals surface area contributed by atoms with Crippen LogP contribution in [-0.4, -0.2) is 39.1 Å². The number of anilines is 1. The quantitative estimate of drug-likeness (QED) is 0.517. The zero-order valence-electron chi connectivity index (χ0n) is 16.5. The molecule has 4 rings (SSSR count). The third-order valence-corrected chi connectivity index (χ3v) is 6.67. The van der Waals surface area contributed by atoms with Gasteiger partial charge in [-0.25, -0.2) is 0 Å². The number of halogens is 3. The molecule has 2 fully saturated rings. The Bertz CT molecular complexity index is 950. The lowest BCUT2D eigenvalue weighted by molar-refractivity contribution is -0.137. The molecule has 1 unspecified atom stereocenters. The van der Waals surface area contributed by atoms with Crippen LogP contribution in [0.2, 0.25) is 0 Å². The molecule has 1 aliphatic heterocycles. The first-order chi connectivity index (χ1) is 14.6. The number of hydrogen-bond acceptors (Lipinski definition) is 5. The van der Waals surface area contributed by atoms with Crippen molar-refractivity contribution in [3.05, 3.63) is 65.2 Å². The lowest BCUT2D eigenvalue weighted by Gasteiger charge is -2.32. The van der Waals surface area contributed by atoms with E-state index in [-0.39, 0.29) is 17.6 Å². The molecule has 2 aromatic rings. The first-order valence-corrected chi connectivity index (χ1v) is 11.0. The van der Waals surface area contributed by atoms with E-state index in [1.165, 1.54) is 12.1 Å². The Balaban J connectivity index is 1.33. The maximum atomic E-state index is 12.8. The van der Waals surface area contributed by atoms with Crippen LogP contribution >= 0.6 is 11.8 Å². The van der Waals surface area contributed by atoms with Crippen molar-refractivity contribution in [2.75, 3.05) is 11.1 Å². The van der Waals surface area contributed by atoms with Gasteiger partial charge in [-0.1, -0.05) is 30.0 Å². The van der Waals surface area contributed by atoms with E-state index in [1.54, 1.807) is 12.1 Å². The van der Waals surface area contributed by atoms with Crippen molar-refractivity contribution in [3.8, 4) is 0 Å². The summed E-state index contributed by atoms with van der Waals surface area (Å²) in [4.78, 5) is 12.3. The first kappa shape index (κ1) is 22.1. The summed E-state index contributed by atoms with van der Waals surface area (Å²) >= 11 is 1.16. The predicted octanol–water partition coefficient (Wildman–Crippen LogP) is 3.94. The average Bonchev–Trinajstić information content (AvgIpc) is 3.46. The van der Waals surface area contributed by atoms with Crippen molar-refractivity contribution in [2.45, 2.75) is 48.6 Å². The highest BCUT2D eigenvalue weighted by molar-refractivity contribution is 8.00. The summed E-state index contributed by atoms with van der Waals surface area (Å²) in [5.74, 6) is 0.411. The highest BCUT2D eigenvalue weighted by atomic mass is 32.2. The summed E-state index contributed by atoms with van der Waals surface area (Å²) in [5.41, 5.74) is 0.684. The van der Waals surface area contributed by atoms with Crippen molar-refractivity contribution in [3.63, 3.8) is 0 Å². The molecule has 9 heteroatoms. The second-order valence-electron chi connectivity index (χ2n) is 8.05. The van der Waals surface area contributed by atoms with Crippen LogP contribution in [0.25, 0.3) is 0 Å². The van der Waals surface area contributed by atoms with Crippen molar-refractivity contribution in [2.24, 2.45) is 0 Å².